The van der Waals surface area contributed by atoms with Crippen molar-refractivity contribution >= 4 is 29.0 Å². The molecule has 1 saturated heterocycles. The average molecular weight is 450 g/mol. The molecule has 166 valence electrons. The normalized spacial score (nSPS) is 13.9. The summed E-state index contributed by atoms with van der Waals surface area (Å²) in [5.74, 6) is 0.640. The van der Waals surface area contributed by atoms with Crippen molar-refractivity contribution in [2.75, 3.05) is 44.7 Å². The van der Waals surface area contributed by atoms with Gasteiger partial charge in [0.15, 0.2) is 0 Å². The lowest BCUT2D eigenvalue weighted by Gasteiger charge is -2.36. The Morgan fingerprint density at radius 1 is 1.00 bits per heavy atom. The number of aromatic nitrogens is 1. The highest BCUT2D eigenvalue weighted by Crippen LogP contribution is 2.26. The van der Waals surface area contributed by atoms with Crippen LogP contribution in [0.5, 0.6) is 5.75 Å². The monoisotopic (exact) mass is 449 g/mol. The fourth-order valence-corrected chi connectivity index (χ4v) is 4.30. The number of benzene rings is 2. The average Bonchev–Trinajstić information content (AvgIpc) is 3.23. The van der Waals surface area contributed by atoms with E-state index >= 15 is 0 Å². The van der Waals surface area contributed by atoms with Gasteiger partial charge in [-0.25, -0.2) is 0 Å². The molecule has 0 radical (unpaired) electrons. The smallest absolute Gasteiger partial charge is 0.138 e. The van der Waals surface area contributed by atoms with Crippen LogP contribution in [0.2, 0.25) is 0 Å². The zero-order valence-corrected chi connectivity index (χ0v) is 19.1. The molecule has 32 heavy (non-hydrogen) atoms. The first-order chi connectivity index (χ1) is 15.2. The minimum absolute atomic E-state index is 0. The van der Waals surface area contributed by atoms with E-state index in [0.29, 0.717) is 16.9 Å². The third-order valence-electron chi connectivity index (χ3n) is 6.11. The Morgan fingerprint density at radius 2 is 1.81 bits per heavy atom. The predicted molar refractivity (Wildman–Crippen MR) is 130 cm³/mol. The second-order valence-corrected chi connectivity index (χ2v) is 7.97. The van der Waals surface area contributed by atoms with Crippen LogP contribution < -0.4 is 9.64 Å². The summed E-state index contributed by atoms with van der Waals surface area (Å²) in [4.78, 5) is 8.20. The molecule has 2 aromatic carbocycles. The highest BCUT2D eigenvalue weighted by atomic mass is 35.5. The molecular formula is C25H28ClN5O. The fraction of sp³-hybridized carbons (Fsp3) is 0.360. The van der Waals surface area contributed by atoms with Crippen LogP contribution in [0.1, 0.15) is 29.5 Å². The molecule has 3 aromatic rings. The molecule has 1 aromatic heterocycles. The summed E-state index contributed by atoms with van der Waals surface area (Å²) < 4.78 is 5.35. The minimum atomic E-state index is 0. The zero-order chi connectivity index (χ0) is 21.6. The van der Waals surface area contributed by atoms with Crippen molar-refractivity contribution in [1.82, 2.24) is 9.88 Å². The van der Waals surface area contributed by atoms with Gasteiger partial charge in [0.2, 0.25) is 0 Å². The number of ether oxygens (including phenoxy) is 1. The van der Waals surface area contributed by atoms with Crippen molar-refractivity contribution in [2.45, 2.75) is 19.3 Å². The quantitative estimate of drug-likeness (QED) is 0.538. The number of halogens is 1. The fourth-order valence-electron chi connectivity index (χ4n) is 4.30. The Bertz CT molecular complexity index is 1140. The largest absolute Gasteiger partial charge is 0.495 e. The molecule has 7 heteroatoms. The van der Waals surface area contributed by atoms with Gasteiger partial charge in [-0.05, 0) is 61.7 Å². The number of aromatic amines is 1. The van der Waals surface area contributed by atoms with Crippen molar-refractivity contribution in [2.24, 2.45) is 0 Å². The van der Waals surface area contributed by atoms with Crippen LogP contribution in [-0.4, -0.2) is 49.7 Å². The Balaban J connectivity index is 0.00000289. The second-order valence-electron chi connectivity index (χ2n) is 7.97. The van der Waals surface area contributed by atoms with Gasteiger partial charge in [0.1, 0.15) is 11.8 Å². The SMILES string of the molecule is COc1cc(N2CCN(CCCCc3c[nH]c4ccc(C#N)cc34)CC2)ccc1C#N.Cl. The maximum atomic E-state index is 9.16. The van der Waals surface area contributed by atoms with E-state index in [2.05, 4.69) is 33.1 Å². The highest BCUT2D eigenvalue weighted by molar-refractivity contribution is 5.85. The highest BCUT2D eigenvalue weighted by Gasteiger charge is 2.18. The lowest BCUT2D eigenvalue weighted by molar-refractivity contribution is 0.253. The van der Waals surface area contributed by atoms with Crippen molar-refractivity contribution in [3.8, 4) is 17.9 Å². The number of nitrogens with one attached hydrogen (secondary N) is 1. The number of nitriles is 2. The standard InChI is InChI=1S/C25H27N5O.ClH/c1-31-25-15-22(7-6-20(25)17-27)30-12-10-29(11-13-30)9-3-2-4-21-18-28-24-8-5-19(16-26)14-23(21)24;/h5-8,14-15,18,28H,2-4,9-13H2,1H3;1H. The predicted octanol–water partition coefficient (Wildman–Crippen LogP) is 4.49. The van der Waals surface area contributed by atoms with Crippen molar-refractivity contribution in [1.29, 1.82) is 10.5 Å². The number of hydrogen-bond donors (Lipinski definition) is 1. The number of fused-ring (bicyclic) bond motifs is 1. The molecule has 6 nitrogen and oxygen atoms in total. The van der Waals surface area contributed by atoms with Crippen LogP contribution in [0.4, 0.5) is 5.69 Å². The van der Waals surface area contributed by atoms with Gasteiger partial charge in [0.05, 0.1) is 24.3 Å². The van der Waals surface area contributed by atoms with Gasteiger partial charge < -0.3 is 14.6 Å². The van der Waals surface area contributed by atoms with Crippen LogP contribution in [0.15, 0.2) is 42.6 Å². The molecule has 0 atom stereocenters. The lowest BCUT2D eigenvalue weighted by Crippen LogP contribution is -2.46. The number of aryl methyl sites for hydroxylation is 1. The number of unbranched alkanes of at least 4 members (excludes halogenated alkanes) is 1. The molecule has 1 N–H and O–H groups in total. The molecule has 4 rings (SSSR count). The number of H-pyrrole nitrogens is 1. The van der Waals surface area contributed by atoms with E-state index in [4.69, 9.17) is 15.3 Å². The maximum absolute atomic E-state index is 9.16. The van der Waals surface area contributed by atoms with E-state index in [1.165, 1.54) is 10.9 Å². The maximum Gasteiger partial charge on any atom is 0.138 e. The van der Waals surface area contributed by atoms with E-state index in [9.17, 15) is 0 Å². The number of nitrogens with zero attached hydrogens (tertiary/aromatic N) is 4. The molecule has 0 bridgehead atoms. The van der Waals surface area contributed by atoms with E-state index < -0.39 is 0 Å². The Labute approximate surface area is 195 Å². The number of anilines is 1. The molecule has 2 heterocycles. The van der Waals surface area contributed by atoms with Gasteiger partial charge in [0, 0.05) is 55.0 Å². The Hall–Kier alpha value is -3.19. The van der Waals surface area contributed by atoms with E-state index in [1.54, 1.807) is 7.11 Å². The van der Waals surface area contributed by atoms with Crippen LogP contribution in [0.25, 0.3) is 10.9 Å². The van der Waals surface area contributed by atoms with Crippen molar-refractivity contribution in [3.63, 3.8) is 0 Å². The summed E-state index contributed by atoms with van der Waals surface area (Å²) in [5.41, 5.74) is 4.80. The van der Waals surface area contributed by atoms with Crippen LogP contribution in [-0.2, 0) is 6.42 Å². The number of methoxy groups -OCH3 is 1. The first-order valence-corrected chi connectivity index (χ1v) is 10.8. The van der Waals surface area contributed by atoms with E-state index in [1.807, 2.05) is 36.4 Å². The molecule has 0 unspecified atom stereocenters. The van der Waals surface area contributed by atoms with E-state index in [0.717, 1.165) is 63.2 Å². The van der Waals surface area contributed by atoms with Crippen LogP contribution >= 0.6 is 12.4 Å². The minimum Gasteiger partial charge on any atom is -0.495 e. The molecule has 0 spiro atoms. The van der Waals surface area contributed by atoms with Gasteiger partial charge in [-0.15, -0.1) is 12.4 Å². The molecule has 1 fully saturated rings. The summed E-state index contributed by atoms with van der Waals surface area (Å²) in [6.07, 6.45) is 5.41. The third kappa shape index (κ3) is 5.16. The topological polar surface area (TPSA) is 79.1 Å². The molecule has 1 aliphatic rings. The Morgan fingerprint density at radius 3 is 2.53 bits per heavy atom. The summed E-state index contributed by atoms with van der Waals surface area (Å²) in [5, 5.41) is 19.5. The third-order valence-corrected chi connectivity index (χ3v) is 6.11. The molecule has 1 aliphatic heterocycles. The number of rotatable bonds is 7. The molecule has 0 aliphatic carbocycles. The second kappa shape index (κ2) is 10.9. The molecule has 0 saturated carbocycles. The Kier molecular flexibility index (Phi) is 8.00. The van der Waals surface area contributed by atoms with Gasteiger partial charge in [0.25, 0.3) is 0 Å². The summed E-state index contributed by atoms with van der Waals surface area (Å²) in [6.45, 7) is 5.15. The van der Waals surface area contributed by atoms with Crippen molar-refractivity contribution < 1.29 is 4.74 Å². The lowest BCUT2D eigenvalue weighted by atomic mass is 10.1. The number of piperazine rings is 1. The van der Waals surface area contributed by atoms with Crippen molar-refractivity contribution in [3.05, 3.63) is 59.3 Å². The zero-order valence-electron chi connectivity index (χ0n) is 18.3. The number of hydrogen-bond acceptors (Lipinski definition) is 5. The van der Waals surface area contributed by atoms with Gasteiger partial charge in [-0.3, -0.25) is 4.90 Å². The van der Waals surface area contributed by atoms with Crippen LogP contribution in [0.3, 0.4) is 0 Å². The first-order valence-electron chi connectivity index (χ1n) is 10.8. The summed E-state index contributed by atoms with van der Waals surface area (Å²) in [6, 6.07) is 16.0. The van der Waals surface area contributed by atoms with Gasteiger partial charge in [-0.2, -0.15) is 10.5 Å². The van der Waals surface area contributed by atoms with Gasteiger partial charge in [-0.1, -0.05) is 0 Å². The molecular weight excluding hydrogens is 422 g/mol. The summed E-state index contributed by atoms with van der Waals surface area (Å²) in [7, 11) is 1.61. The van der Waals surface area contributed by atoms with E-state index in [-0.39, 0.29) is 12.4 Å². The first kappa shape index (κ1) is 23.5. The van der Waals surface area contributed by atoms with Gasteiger partial charge >= 0.3 is 0 Å². The van der Waals surface area contributed by atoms with Crippen LogP contribution in [0, 0.1) is 22.7 Å². The molecule has 0 amide bonds. The summed E-state index contributed by atoms with van der Waals surface area (Å²) >= 11 is 0.